The van der Waals surface area contributed by atoms with E-state index in [-0.39, 0.29) is 0 Å². The van der Waals surface area contributed by atoms with Crippen molar-refractivity contribution in [3.63, 3.8) is 0 Å². The summed E-state index contributed by atoms with van der Waals surface area (Å²) in [5.41, 5.74) is 3.03. The summed E-state index contributed by atoms with van der Waals surface area (Å²) >= 11 is 0. The van der Waals surface area contributed by atoms with E-state index in [0.717, 1.165) is 47.6 Å². The van der Waals surface area contributed by atoms with Crippen molar-refractivity contribution in [1.29, 1.82) is 5.26 Å². The van der Waals surface area contributed by atoms with Crippen LogP contribution in [0.3, 0.4) is 0 Å². The molecule has 3 heterocycles. The first-order valence-electron chi connectivity index (χ1n) is 10.9. The van der Waals surface area contributed by atoms with Gasteiger partial charge in [0.15, 0.2) is 11.6 Å². The Morgan fingerprint density at radius 2 is 2.00 bits per heavy atom. The van der Waals surface area contributed by atoms with Gasteiger partial charge in [0, 0.05) is 12.7 Å². The van der Waals surface area contributed by atoms with Crippen LogP contribution < -0.4 is 4.74 Å². The third-order valence-corrected chi connectivity index (χ3v) is 6.07. The van der Waals surface area contributed by atoms with Gasteiger partial charge in [0.2, 0.25) is 0 Å². The van der Waals surface area contributed by atoms with Gasteiger partial charge in [0.25, 0.3) is 0 Å². The molecule has 4 aromatic rings. The molecular weight excluding hydrogens is 412 g/mol. The van der Waals surface area contributed by atoms with Gasteiger partial charge in [-0.05, 0) is 49.1 Å². The van der Waals surface area contributed by atoms with E-state index in [1.54, 1.807) is 13.4 Å². The minimum atomic E-state index is -0.771. The van der Waals surface area contributed by atoms with Crippen LogP contribution >= 0.6 is 0 Å². The van der Waals surface area contributed by atoms with Gasteiger partial charge in [-0.25, -0.2) is 14.6 Å². The Morgan fingerprint density at radius 1 is 1.15 bits per heavy atom. The molecule has 2 aromatic carbocycles. The second kappa shape index (κ2) is 8.40. The van der Waals surface area contributed by atoms with Gasteiger partial charge in [0.1, 0.15) is 11.2 Å². The number of nitrogens with zero attached hydrogens (tertiary/aromatic N) is 6. The van der Waals surface area contributed by atoms with Gasteiger partial charge in [-0.15, -0.1) is 0 Å². The van der Waals surface area contributed by atoms with Crippen LogP contribution in [0.4, 0.5) is 0 Å². The van der Waals surface area contributed by atoms with Crippen LogP contribution in [0.15, 0.2) is 61.1 Å². The number of benzene rings is 2. The standard InChI is InChI=1S/C26H24N6O/c1-19-16-31(18-28-19)22-11-9-20(15-23(22)33-2)10-12-24-29-25-26(17-27,13-6-14-32(25)30-24)21-7-4-3-5-8-21/h3-5,7-12,15-16,18H,6,13-14H2,1-2H3/t26-/m1/s1. The Balaban J connectivity index is 1.46. The summed E-state index contributed by atoms with van der Waals surface area (Å²) in [6, 6.07) is 18.4. The number of imidazole rings is 1. The fourth-order valence-electron chi connectivity index (χ4n) is 4.41. The van der Waals surface area contributed by atoms with Crippen LogP contribution in [-0.2, 0) is 12.0 Å². The summed E-state index contributed by atoms with van der Waals surface area (Å²) in [5, 5.41) is 14.8. The van der Waals surface area contributed by atoms with Crippen molar-refractivity contribution in [3.8, 4) is 17.5 Å². The maximum Gasteiger partial charge on any atom is 0.174 e. The quantitative estimate of drug-likeness (QED) is 0.458. The lowest BCUT2D eigenvalue weighted by Crippen LogP contribution is -2.34. The molecule has 0 spiro atoms. The number of rotatable bonds is 5. The third-order valence-electron chi connectivity index (χ3n) is 6.07. The van der Waals surface area contributed by atoms with Crippen molar-refractivity contribution in [1.82, 2.24) is 24.3 Å². The minimum absolute atomic E-state index is 0.593. The topological polar surface area (TPSA) is 81.5 Å². The Hall–Kier alpha value is -4.18. The molecule has 0 unspecified atom stereocenters. The van der Waals surface area contributed by atoms with Crippen LogP contribution in [0.25, 0.3) is 17.8 Å². The number of methoxy groups -OCH3 is 1. The highest BCUT2D eigenvalue weighted by Gasteiger charge is 2.41. The van der Waals surface area contributed by atoms with E-state index in [0.29, 0.717) is 11.6 Å². The average Bonchev–Trinajstić information content (AvgIpc) is 3.49. The van der Waals surface area contributed by atoms with Gasteiger partial charge >= 0.3 is 0 Å². The summed E-state index contributed by atoms with van der Waals surface area (Å²) in [5.74, 6) is 2.06. The fraction of sp³-hybridized carbons (Fsp3) is 0.231. The molecule has 0 saturated carbocycles. The maximum absolute atomic E-state index is 10.2. The Bertz CT molecular complexity index is 1360. The molecule has 5 rings (SSSR count). The zero-order chi connectivity index (χ0) is 22.8. The zero-order valence-electron chi connectivity index (χ0n) is 18.6. The van der Waals surface area contributed by atoms with Crippen molar-refractivity contribution in [3.05, 3.63) is 89.5 Å². The second-order valence-electron chi connectivity index (χ2n) is 8.19. The summed E-state index contributed by atoms with van der Waals surface area (Å²) < 4.78 is 9.43. The number of ether oxygens (including phenoxy) is 1. The van der Waals surface area contributed by atoms with Gasteiger partial charge in [-0.2, -0.15) is 10.4 Å². The molecule has 1 aliphatic heterocycles. The number of nitriles is 1. The largest absolute Gasteiger partial charge is 0.495 e. The first kappa shape index (κ1) is 20.7. The molecule has 7 nitrogen and oxygen atoms in total. The molecule has 0 amide bonds. The van der Waals surface area contributed by atoms with E-state index in [9.17, 15) is 5.26 Å². The molecule has 0 fully saturated rings. The van der Waals surface area contributed by atoms with Gasteiger partial charge < -0.3 is 9.30 Å². The first-order valence-corrected chi connectivity index (χ1v) is 10.9. The predicted molar refractivity (Wildman–Crippen MR) is 126 cm³/mol. The highest BCUT2D eigenvalue weighted by molar-refractivity contribution is 5.69. The van der Waals surface area contributed by atoms with E-state index >= 15 is 0 Å². The lowest BCUT2D eigenvalue weighted by atomic mass is 9.75. The van der Waals surface area contributed by atoms with Gasteiger partial charge in [0.05, 0.1) is 30.9 Å². The van der Waals surface area contributed by atoms with Gasteiger partial charge in [-0.1, -0.05) is 42.5 Å². The lowest BCUT2D eigenvalue weighted by Gasteiger charge is -2.30. The van der Waals surface area contributed by atoms with Crippen molar-refractivity contribution >= 4 is 12.2 Å². The smallest absolute Gasteiger partial charge is 0.174 e. The normalized spacial score (nSPS) is 17.6. The molecule has 1 atom stereocenters. The molecule has 0 bridgehead atoms. The monoisotopic (exact) mass is 436 g/mol. The van der Waals surface area contributed by atoms with E-state index in [4.69, 9.17) is 9.72 Å². The Morgan fingerprint density at radius 3 is 2.73 bits per heavy atom. The molecule has 7 heteroatoms. The van der Waals surface area contributed by atoms with Crippen molar-refractivity contribution in [2.24, 2.45) is 0 Å². The molecule has 0 aliphatic carbocycles. The molecule has 164 valence electrons. The summed E-state index contributed by atoms with van der Waals surface area (Å²) in [4.78, 5) is 9.07. The van der Waals surface area contributed by atoms with E-state index < -0.39 is 5.41 Å². The average molecular weight is 437 g/mol. The highest BCUT2D eigenvalue weighted by atomic mass is 16.5. The molecule has 33 heavy (non-hydrogen) atoms. The fourth-order valence-corrected chi connectivity index (χ4v) is 4.41. The minimum Gasteiger partial charge on any atom is -0.495 e. The summed E-state index contributed by atoms with van der Waals surface area (Å²) in [6.07, 6.45) is 9.20. The number of hydrogen-bond acceptors (Lipinski definition) is 5. The number of aromatic nitrogens is 5. The van der Waals surface area contributed by atoms with E-state index in [1.807, 2.05) is 83.1 Å². The van der Waals surface area contributed by atoms with E-state index in [2.05, 4.69) is 16.2 Å². The maximum atomic E-state index is 10.2. The van der Waals surface area contributed by atoms with Crippen LogP contribution in [-0.4, -0.2) is 31.4 Å². The van der Waals surface area contributed by atoms with Crippen molar-refractivity contribution in [2.45, 2.75) is 31.7 Å². The molecule has 0 N–H and O–H groups in total. The van der Waals surface area contributed by atoms with Gasteiger partial charge in [-0.3, -0.25) is 0 Å². The summed E-state index contributed by atoms with van der Waals surface area (Å²) in [7, 11) is 1.66. The molecule has 2 aromatic heterocycles. The molecule has 0 radical (unpaired) electrons. The zero-order valence-corrected chi connectivity index (χ0v) is 18.6. The SMILES string of the molecule is COc1cc(C=Cc2nc3n(n2)CCC[C@@]3(C#N)c2ccccc2)ccc1-n1cnc(C)c1. The van der Waals surface area contributed by atoms with Crippen LogP contribution in [0.2, 0.25) is 0 Å². The van der Waals surface area contributed by atoms with Crippen molar-refractivity contribution < 1.29 is 4.74 Å². The lowest BCUT2D eigenvalue weighted by molar-refractivity contribution is 0.393. The first-order chi connectivity index (χ1) is 16.1. The molecule has 0 saturated heterocycles. The molecule has 1 aliphatic rings. The Kier molecular flexibility index (Phi) is 5.27. The number of hydrogen-bond donors (Lipinski definition) is 0. The second-order valence-corrected chi connectivity index (χ2v) is 8.19. The van der Waals surface area contributed by atoms with Crippen LogP contribution in [0, 0.1) is 18.3 Å². The van der Waals surface area contributed by atoms with Crippen molar-refractivity contribution in [2.75, 3.05) is 7.11 Å². The highest BCUT2D eigenvalue weighted by Crippen LogP contribution is 2.38. The third kappa shape index (κ3) is 3.70. The number of fused-ring (bicyclic) bond motifs is 1. The van der Waals surface area contributed by atoms with Crippen LogP contribution in [0.1, 0.15) is 41.3 Å². The number of aryl methyl sites for hydroxylation is 2. The Labute approximate surface area is 192 Å². The van der Waals surface area contributed by atoms with E-state index in [1.165, 1.54) is 0 Å². The molecular formula is C26H24N6O. The predicted octanol–water partition coefficient (Wildman–Crippen LogP) is 4.55. The summed E-state index contributed by atoms with van der Waals surface area (Å²) in [6.45, 7) is 2.72. The van der Waals surface area contributed by atoms with Crippen LogP contribution in [0.5, 0.6) is 5.75 Å².